The molecule has 0 spiro atoms. The first-order valence-electron chi connectivity index (χ1n) is 5.33. The molecule has 0 unspecified atom stereocenters. The van der Waals surface area contributed by atoms with Crippen molar-refractivity contribution in [2.45, 2.75) is 19.4 Å². The van der Waals surface area contributed by atoms with E-state index < -0.39 is 0 Å². The number of aldehydes is 1. The average Bonchev–Trinajstić information content (AvgIpc) is 2.73. The predicted molar refractivity (Wildman–Crippen MR) is 65.4 cm³/mol. The van der Waals surface area contributed by atoms with Gasteiger partial charge < -0.3 is 4.57 Å². The van der Waals surface area contributed by atoms with E-state index in [1.54, 1.807) is 0 Å². The number of rotatable bonds is 4. The molecule has 2 aromatic rings. The van der Waals surface area contributed by atoms with Gasteiger partial charge in [-0.1, -0.05) is 12.1 Å². The van der Waals surface area contributed by atoms with Crippen molar-refractivity contribution >= 4 is 17.2 Å². The second kappa shape index (κ2) is 4.67. The first-order chi connectivity index (χ1) is 7.86. The van der Waals surface area contributed by atoms with Gasteiger partial charge in [0.25, 0.3) is 0 Å². The average molecular weight is 211 g/mol. The van der Waals surface area contributed by atoms with Crippen molar-refractivity contribution in [3.05, 3.63) is 36.0 Å². The van der Waals surface area contributed by atoms with Crippen LogP contribution in [0.1, 0.15) is 23.2 Å². The second-order valence-corrected chi connectivity index (χ2v) is 3.72. The smallest absolute Gasteiger partial charge is 0.152 e. The van der Waals surface area contributed by atoms with Crippen molar-refractivity contribution in [3.8, 4) is 12.3 Å². The Kier molecular flexibility index (Phi) is 3.07. The van der Waals surface area contributed by atoms with Gasteiger partial charge in [0.15, 0.2) is 6.29 Å². The van der Waals surface area contributed by atoms with Crippen LogP contribution < -0.4 is 0 Å². The molecule has 1 aromatic carbocycles. The summed E-state index contributed by atoms with van der Waals surface area (Å²) < 4.78 is 2.09. The summed E-state index contributed by atoms with van der Waals surface area (Å²) in [6.07, 6.45) is 9.84. The van der Waals surface area contributed by atoms with E-state index in [9.17, 15) is 4.79 Å². The SMILES string of the molecule is C#CCCCn1ccc2cccc(C=O)c21. The van der Waals surface area contributed by atoms with Gasteiger partial charge in [0.1, 0.15) is 0 Å². The summed E-state index contributed by atoms with van der Waals surface area (Å²) in [7, 11) is 0. The van der Waals surface area contributed by atoms with Gasteiger partial charge in [0, 0.05) is 30.1 Å². The Morgan fingerprint density at radius 2 is 2.25 bits per heavy atom. The van der Waals surface area contributed by atoms with Gasteiger partial charge in [-0.3, -0.25) is 4.79 Å². The maximum atomic E-state index is 11.0. The largest absolute Gasteiger partial charge is 0.347 e. The number of terminal acetylenes is 1. The summed E-state index contributed by atoms with van der Waals surface area (Å²) in [6.45, 7) is 0.860. The molecule has 0 saturated heterocycles. The highest BCUT2D eigenvalue weighted by Crippen LogP contribution is 2.19. The maximum Gasteiger partial charge on any atom is 0.152 e. The van der Waals surface area contributed by atoms with E-state index in [0.29, 0.717) is 0 Å². The minimum atomic E-state index is 0.739. The highest BCUT2D eigenvalue weighted by atomic mass is 16.1. The van der Waals surface area contributed by atoms with E-state index in [4.69, 9.17) is 6.42 Å². The lowest BCUT2D eigenvalue weighted by molar-refractivity contribution is 0.112. The number of carbonyl (C=O) groups excluding carboxylic acids is 1. The number of hydrogen-bond acceptors (Lipinski definition) is 1. The van der Waals surface area contributed by atoms with Crippen LogP contribution in [0.5, 0.6) is 0 Å². The van der Waals surface area contributed by atoms with Gasteiger partial charge in [-0.15, -0.1) is 12.3 Å². The van der Waals surface area contributed by atoms with Crippen molar-refractivity contribution in [3.63, 3.8) is 0 Å². The van der Waals surface area contributed by atoms with Gasteiger partial charge in [-0.2, -0.15) is 0 Å². The molecule has 0 bridgehead atoms. The zero-order chi connectivity index (χ0) is 11.4. The number of carbonyl (C=O) groups is 1. The van der Waals surface area contributed by atoms with Gasteiger partial charge in [-0.05, 0) is 18.6 Å². The number of nitrogens with zero attached hydrogens (tertiary/aromatic N) is 1. The van der Waals surface area contributed by atoms with Gasteiger partial charge in [0.2, 0.25) is 0 Å². The third-order valence-electron chi connectivity index (χ3n) is 2.67. The molecule has 2 rings (SSSR count). The fraction of sp³-hybridized carbons (Fsp3) is 0.214. The van der Waals surface area contributed by atoms with Crippen molar-refractivity contribution in [2.75, 3.05) is 0 Å². The summed E-state index contributed by atoms with van der Waals surface area (Å²) in [5.74, 6) is 2.62. The number of benzene rings is 1. The molecule has 2 heteroatoms. The van der Waals surface area contributed by atoms with Crippen molar-refractivity contribution in [1.29, 1.82) is 0 Å². The first-order valence-corrected chi connectivity index (χ1v) is 5.33. The summed E-state index contributed by atoms with van der Waals surface area (Å²) in [5, 5.41) is 1.10. The Morgan fingerprint density at radius 3 is 3.00 bits per heavy atom. The van der Waals surface area contributed by atoms with Crippen LogP contribution in [0.4, 0.5) is 0 Å². The van der Waals surface area contributed by atoms with E-state index >= 15 is 0 Å². The zero-order valence-electron chi connectivity index (χ0n) is 9.02. The van der Waals surface area contributed by atoms with E-state index in [1.807, 2.05) is 30.5 Å². The van der Waals surface area contributed by atoms with Crippen LogP contribution in [-0.2, 0) is 6.54 Å². The fourth-order valence-electron chi connectivity index (χ4n) is 1.92. The van der Waals surface area contributed by atoms with E-state index in [0.717, 1.165) is 42.1 Å². The molecule has 80 valence electrons. The predicted octanol–water partition coefficient (Wildman–Crippen LogP) is 2.87. The van der Waals surface area contributed by atoms with Crippen LogP contribution in [0.15, 0.2) is 30.5 Å². The Hall–Kier alpha value is -2.01. The van der Waals surface area contributed by atoms with Crippen LogP contribution in [0.3, 0.4) is 0 Å². The Labute approximate surface area is 94.9 Å². The fourth-order valence-corrected chi connectivity index (χ4v) is 1.92. The Balaban J connectivity index is 2.38. The van der Waals surface area contributed by atoms with Crippen LogP contribution in [0, 0.1) is 12.3 Å². The van der Waals surface area contributed by atoms with Crippen LogP contribution in [-0.4, -0.2) is 10.9 Å². The number of aryl methyl sites for hydroxylation is 1. The number of unbranched alkanes of at least 4 members (excludes halogenated alkanes) is 1. The lowest BCUT2D eigenvalue weighted by Gasteiger charge is -2.05. The van der Waals surface area contributed by atoms with E-state index in [-0.39, 0.29) is 0 Å². The minimum absolute atomic E-state index is 0.739. The highest BCUT2D eigenvalue weighted by Gasteiger charge is 2.04. The molecular weight excluding hydrogens is 198 g/mol. The molecular formula is C14H13NO. The molecule has 0 atom stereocenters. The Bertz CT molecular complexity index is 545. The minimum Gasteiger partial charge on any atom is -0.347 e. The monoisotopic (exact) mass is 211 g/mol. The second-order valence-electron chi connectivity index (χ2n) is 3.72. The molecule has 0 fully saturated rings. The summed E-state index contributed by atoms with van der Waals surface area (Å²) >= 11 is 0. The van der Waals surface area contributed by atoms with Gasteiger partial charge in [0.05, 0.1) is 5.52 Å². The summed E-state index contributed by atoms with van der Waals surface area (Å²) in [6, 6.07) is 7.78. The number of aromatic nitrogens is 1. The highest BCUT2D eigenvalue weighted by molar-refractivity contribution is 5.96. The molecule has 1 heterocycles. The third kappa shape index (κ3) is 1.85. The van der Waals surface area contributed by atoms with Crippen LogP contribution in [0.2, 0.25) is 0 Å². The summed E-state index contributed by atoms with van der Waals surface area (Å²) in [4.78, 5) is 11.0. The molecule has 0 saturated carbocycles. The van der Waals surface area contributed by atoms with Crippen LogP contribution in [0.25, 0.3) is 10.9 Å². The van der Waals surface area contributed by atoms with Crippen LogP contribution >= 0.6 is 0 Å². The standard InChI is InChI=1S/C14H13NO/c1-2-3-4-9-15-10-8-12-6-5-7-13(11-16)14(12)15/h1,5-8,10-11H,3-4,9H2. The Morgan fingerprint density at radius 1 is 1.38 bits per heavy atom. The molecule has 2 nitrogen and oxygen atoms in total. The number of hydrogen-bond donors (Lipinski definition) is 0. The molecule has 1 aromatic heterocycles. The molecule has 0 aliphatic rings. The number of fused-ring (bicyclic) bond motifs is 1. The lowest BCUT2D eigenvalue weighted by atomic mass is 10.1. The topological polar surface area (TPSA) is 22.0 Å². The number of para-hydroxylation sites is 1. The molecule has 0 amide bonds. The normalized spacial score (nSPS) is 10.2. The summed E-state index contributed by atoms with van der Waals surface area (Å²) in [5.41, 5.74) is 1.75. The molecule has 0 aliphatic heterocycles. The van der Waals surface area contributed by atoms with Crippen molar-refractivity contribution in [1.82, 2.24) is 4.57 Å². The third-order valence-corrected chi connectivity index (χ3v) is 2.67. The molecule has 0 N–H and O–H groups in total. The molecule has 0 radical (unpaired) electrons. The first kappa shape index (κ1) is 10.5. The molecule has 16 heavy (non-hydrogen) atoms. The lowest BCUT2D eigenvalue weighted by Crippen LogP contribution is -1.98. The van der Waals surface area contributed by atoms with E-state index in [1.165, 1.54) is 0 Å². The van der Waals surface area contributed by atoms with Crippen molar-refractivity contribution < 1.29 is 4.79 Å². The zero-order valence-corrected chi connectivity index (χ0v) is 9.02. The van der Waals surface area contributed by atoms with E-state index in [2.05, 4.69) is 10.5 Å². The maximum absolute atomic E-state index is 11.0. The van der Waals surface area contributed by atoms with Gasteiger partial charge >= 0.3 is 0 Å². The quantitative estimate of drug-likeness (QED) is 0.433. The van der Waals surface area contributed by atoms with Gasteiger partial charge in [-0.25, -0.2) is 0 Å². The van der Waals surface area contributed by atoms with Crippen molar-refractivity contribution in [2.24, 2.45) is 0 Å². The molecule has 0 aliphatic carbocycles.